The van der Waals surface area contributed by atoms with Crippen LogP contribution in [0.25, 0.3) is 0 Å². The van der Waals surface area contributed by atoms with E-state index in [2.05, 4.69) is 10.3 Å². The van der Waals surface area contributed by atoms with E-state index in [9.17, 15) is 15.2 Å². The van der Waals surface area contributed by atoms with Crippen LogP contribution < -0.4 is 5.32 Å². The van der Waals surface area contributed by atoms with Crippen molar-refractivity contribution in [1.82, 2.24) is 4.98 Å². The van der Waals surface area contributed by atoms with Crippen LogP contribution in [0.3, 0.4) is 0 Å². The lowest BCUT2D eigenvalue weighted by molar-refractivity contribution is -0.385. The Kier molecular flexibility index (Phi) is 5.11. The van der Waals surface area contributed by atoms with Crippen molar-refractivity contribution < 1.29 is 10.0 Å². The molecule has 0 saturated heterocycles. The highest BCUT2D eigenvalue weighted by molar-refractivity contribution is 6.33. The molecule has 1 atom stereocenters. The molecule has 2 N–H and O–H groups in total. The van der Waals surface area contributed by atoms with Crippen LogP contribution in [0.2, 0.25) is 5.02 Å². The van der Waals surface area contributed by atoms with Crippen molar-refractivity contribution in [2.24, 2.45) is 0 Å². The summed E-state index contributed by atoms with van der Waals surface area (Å²) in [6, 6.07) is 1.23. The second-order valence-electron chi connectivity index (χ2n) is 3.60. The molecule has 0 fully saturated rings. The molecule has 0 saturated carbocycles. The minimum absolute atomic E-state index is 0.158. The van der Waals surface area contributed by atoms with Gasteiger partial charge in [-0.2, -0.15) is 0 Å². The van der Waals surface area contributed by atoms with Crippen LogP contribution in [0, 0.1) is 10.1 Å². The SMILES string of the molecule is CCCC(O)CNc1ncc([N+](=O)[O-])cc1Cl. The van der Waals surface area contributed by atoms with Gasteiger partial charge in [-0.3, -0.25) is 10.1 Å². The number of nitrogens with zero attached hydrogens (tertiary/aromatic N) is 2. The fourth-order valence-corrected chi connectivity index (χ4v) is 1.53. The third kappa shape index (κ3) is 4.16. The summed E-state index contributed by atoms with van der Waals surface area (Å²) in [5.74, 6) is 0.340. The van der Waals surface area contributed by atoms with Crippen molar-refractivity contribution in [1.29, 1.82) is 0 Å². The van der Waals surface area contributed by atoms with Gasteiger partial charge in [0, 0.05) is 12.6 Å². The maximum Gasteiger partial charge on any atom is 0.289 e. The second kappa shape index (κ2) is 6.36. The molecule has 94 valence electrons. The topological polar surface area (TPSA) is 88.3 Å². The first-order valence-electron chi connectivity index (χ1n) is 5.26. The molecule has 7 heteroatoms. The van der Waals surface area contributed by atoms with Gasteiger partial charge in [-0.05, 0) is 6.42 Å². The number of nitro groups is 1. The molecule has 1 aromatic rings. The Labute approximate surface area is 104 Å². The molecule has 0 radical (unpaired) electrons. The van der Waals surface area contributed by atoms with Gasteiger partial charge in [-0.15, -0.1) is 0 Å². The molecule has 6 nitrogen and oxygen atoms in total. The van der Waals surface area contributed by atoms with Gasteiger partial charge in [-0.25, -0.2) is 4.98 Å². The van der Waals surface area contributed by atoms with Crippen molar-refractivity contribution >= 4 is 23.1 Å². The number of halogens is 1. The monoisotopic (exact) mass is 259 g/mol. The number of rotatable bonds is 6. The molecule has 17 heavy (non-hydrogen) atoms. The lowest BCUT2D eigenvalue weighted by atomic mass is 10.2. The third-order valence-electron chi connectivity index (χ3n) is 2.16. The first-order chi connectivity index (χ1) is 8.04. The molecule has 0 bridgehead atoms. The molecule has 0 aromatic carbocycles. The average molecular weight is 260 g/mol. The van der Waals surface area contributed by atoms with Crippen LogP contribution in [-0.2, 0) is 0 Å². The smallest absolute Gasteiger partial charge is 0.289 e. The highest BCUT2D eigenvalue weighted by Crippen LogP contribution is 2.23. The van der Waals surface area contributed by atoms with E-state index >= 15 is 0 Å². The van der Waals surface area contributed by atoms with Gasteiger partial charge < -0.3 is 10.4 Å². The number of aromatic nitrogens is 1. The van der Waals surface area contributed by atoms with Gasteiger partial charge in [-0.1, -0.05) is 24.9 Å². The zero-order chi connectivity index (χ0) is 12.8. The minimum atomic E-state index is -0.561. The Hall–Kier alpha value is -1.40. The average Bonchev–Trinajstić information content (AvgIpc) is 2.27. The fourth-order valence-electron chi connectivity index (χ4n) is 1.31. The first-order valence-corrected chi connectivity index (χ1v) is 5.64. The maximum atomic E-state index is 10.5. The van der Waals surface area contributed by atoms with Gasteiger partial charge in [0.1, 0.15) is 12.0 Å². The van der Waals surface area contributed by atoms with E-state index in [0.717, 1.165) is 12.6 Å². The molecule has 0 aliphatic carbocycles. The number of anilines is 1. The largest absolute Gasteiger partial charge is 0.391 e. The third-order valence-corrected chi connectivity index (χ3v) is 2.45. The van der Waals surface area contributed by atoms with Crippen LogP contribution in [0.5, 0.6) is 0 Å². The summed E-state index contributed by atoms with van der Waals surface area (Å²) in [5.41, 5.74) is -0.158. The van der Waals surface area contributed by atoms with E-state index in [1.807, 2.05) is 6.92 Å². The molecule has 0 spiro atoms. The van der Waals surface area contributed by atoms with Crippen LogP contribution in [0.4, 0.5) is 11.5 Å². The predicted octanol–water partition coefficient (Wildman–Crippen LogP) is 2.22. The zero-order valence-corrected chi connectivity index (χ0v) is 10.1. The number of hydrogen-bond acceptors (Lipinski definition) is 5. The highest BCUT2D eigenvalue weighted by atomic mass is 35.5. The van der Waals surface area contributed by atoms with Gasteiger partial charge in [0.05, 0.1) is 16.0 Å². The number of hydrogen-bond donors (Lipinski definition) is 2. The number of nitrogens with one attached hydrogen (secondary N) is 1. The van der Waals surface area contributed by atoms with Crippen molar-refractivity contribution in [3.63, 3.8) is 0 Å². The second-order valence-corrected chi connectivity index (χ2v) is 4.01. The van der Waals surface area contributed by atoms with Crippen LogP contribution in [-0.4, -0.2) is 27.7 Å². The number of pyridine rings is 1. The minimum Gasteiger partial charge on any atom is -0.391 e. The quantitative estimate of drug-likeness (QED) is 0.604. The number of aliphatic hydroxyl groups excluding tert-OH is 1. The molecule has 1 rings (SSSR count). The first kappa shape index (κ1) is 13.7. The van der Waals surface area contributed by atoms with Gasteiger partial charge in [0.2, 0.25) is 0 Å². The molecule has 1 unspecified atom stereocenters. The van der Waals surface area contributed by atoms with Crippen LogP contribution in [0.1, 0.15) is 19.8 Å². The molecule has 1 aromatic heterocycles. The normalized spacial score (nSPS) is 12.2. The summed E-state index contributed by atoms with van der Waals surface area (Å²) in [7, 11) is 0. The summed E-state index contributed by atoms with van der Waals surface area (Å²) in [6.07, 6.45) is 2.20. The maximum absolute atomic E-state index is 10.5. The van der Waals surface area contributed by atoms with E-state index in [1.165, 1.54) is 6.07 Å². The summed E-state index contributed by atoms with van der Waals surface area (Å²) >= 11 is 5.82. The van der Waals surface area contributed by atoms with E-state index in [4.69, 9.17) is 11.6 Å². The van der Waals surface area contributed by atoms with E-state index in [1.54, 1.807) is 0 Å². The summed E-state index contributed by atoms with van der Waals surface area (Å²) < 4.78 is 0. The van der Waals surface area contributed by atoms with Gasteiger partial charge in [0.15, 0.2) is 0 Å². The van der Waals surface area contributed by atoms with Crippen molar-refractivity contribution in [3.05, 3.63) is 27.4 Å². The Bertz CT molecular complexity index is 400. The van der Waals surface area contributed by atoms with E-state index in [-0.39, 0.29) is 10.7 Å². The van der Waals surface area contributed by atoms with E-state index < -0.39 is 11.0 Å². The highest BCUT2D eigenvalue weighted by Gasteiger charge is 2.11. The lowest BCUT2D eigenvalue weighted by Gasteiger charge is -2.11. The summed E-state index contributed by atoms with van der Waals surface area (Å²) in [6.45, 7) is 2.29. The van der Waals surface area contributed by atoms with Crippen molar-refractivity contribution in [2.75, 3.05) is 11.9 Å². The van der Waals surface area contributed by atoms with Crippen LogP contribution in [0.15, 0.2) is 12.3 Å². The molecular weight excluding hydrogens is 246 g/mol. The van der Waals surface area contributed by atoms with Gasteiger partial charge in [0.25, 0.3) is 5.69 Å². The van der Waals surface area contributed by atoms with Crippen LogP contribution >= 0.6 is 11.6 Å². The molecule has 0 aliphatic rings. The predicted molar refractivity (Wildman–Crippen MR) is 65.3 cm³/mol. The van der Waals surface area contributed by atoms with Crippen molar-refractivity contribution in [3.8, 4) is 0 Å². The van der Waals surface area contributed by atoms with Crippen molar-refractivity contribution in [2.45, 2.75) is 25.9 Å². The standard InChI is InChI=1S/C10H14ClN3O3/c1-2-3-8(15)6-13-10-9(11)4-7(5-12-10)14(16)17/h4-5,8,15H,2-3,6H2,1H3,(H,12,13). The van der Waals surface area contributed by atoms with E-state index in [0.29, 0.717) is 18.8 Å². The molecular formula is C10H14ClN3O3. The Morgan fingerprint density at radius 1 is 1.71 bits per heavy atom. The Morgan fingerprint density at radius 2 is 2.41 bits per heavy atom. The molecule has 0 aliphatic heterocycles. The van der Waals surface area contributed by atoms with Gasteiger partial charge >= 0.3 is 0 Å². The molecule has 0 amide bonds. The summed E-state index contributed by atoms with van der Waals surface area (Å²) in [4.78, 5) is 13.7. The summed E-state index contributed by atoms with van der Waals surface area (Å²) in [5, 5.41) is 23.0. The number of aliphatic hydroxyl groups is 1. The lowest BCUT2D eigenvalue weighted by Crippen LogP contribution is -2.19. The zero-order valence-electron chi connectivity index (χ0n) is 9.39. The molecule has 1 heterocycles. The Morgan fingerprint density at radius 3 is 2.94 bits per heavy atom. The fraction of sp³-hybridized carbons (Fsp3) is 0.500. The Balaban J connectivity index is 2.63.